The number of hydrogen-bond donors (Lipinski definition) is 0. The van der Waals surface area contributed by atoms with Gasteiger partial charge in [0.25, 0.3) is 0 Å². The van der Waals surface area contributed by atoms with Gasteiger partial charge in [0.1, 0.15) is 5.75 Å². The second kappa shape index (κ2) is 7.30. The molecule has 1 aromatic rings. The Morgan fingerprint density at radius 1 is 0.815 bits per heavy atom. The predicted octanol–water partition coefficient (Wildman–Crippen LogP) is 5.70. The lowest BCUT2D eigenvalue weighted by atomic mass is 9.93. The lowest BCUT2D eigenvalue weighted by Crippen LogP contribution is -2.68. The fourth-order valence-electron chi connectivity index (χ4n) is 1.69. The molecule has 0 N–H and O–H groups in total. The molecule has 1 rings (SSSR count). The van der Waals surface area contributed by atoms with E-state index in [-0.39, 0.29) is 5.75 Å². The minimum atomic E-state index is -7.51. The van der Waals surface area contributed by atoms with Crippen LogP contribution in [0.5, 0.6) is 5.75 Å². The van der Waals surface area contributed by atoms with Gasteiger partial charge < -0.3 is 4.74 Å². The number of ether oxygens (including phenoxy) is 1. The highest BCUT2D eigenvalue weighted by molar-refractivity contribution is 5.19. The summed E-state index contributed by atoms with van der Waals surface area (Å²) >= 11 is 0. The smallest absolute Gasteiger partial charge is 0.384 e. The first-order valence-corrected chi connectivity index (χ1v) is 6.79. The van der Waals surface area contributed by atoms with Crippen LogP contribution in [0.25, 0.3) is 0 Å². The minimum Gasteiger partial charge on any atom is -0.493 e. The predicted molar refractivity (Wildman–Crippen MR) is 66.1 cm³/mol. The van der Waals surface area contributed by atoms with Crippen LogP contribution in [0, 0.1) is 6.07 Å². The summed E-state index contributed by atoms with van der Waals surface area (Å²) in [4.78, 5) is 0. The molecule has 0 aliphatic heterocycles. The van der Waals surface area contributed by atoms with E-state index in [0.717, 1.165) is 6.07 Å². The Kier molecular flexibility index (Phi) is 6.28. The highest BCUT2D eigenvalue weighted by Crippen LogP contribution is 2.58. The quantitative estimate of drug-likeness (QED) is 0.465. The van der Waals surface area contributed by atoms with E-state index in [1.807, 2.05) is 0 Å². The third kappa shape index (κ3) is 3.91. The molecule has 0 aromatic heterocycles. The highest BCUT2D eigenvalue weighted by atomic mass is 19.4. The molecule has 0 unspecified atom stereocenters. The third-order valence-corrected chi connectivity index (χ3v) is 3.29. The van der Waals surface area contributed by atoms with Crippen molar-refractivity contribution in [2.75, 3.05) is 6.61 Å². The van der Waals surface area contributed by atoms with E-state index in [0.29, 0.717) is 0 Å². The van der Waals surface area contributed by atoms with Gasteiger partial charge in [-0.05, 0) is 6.07 Å². The number of para-hydroxylation sites is 1. The zero-order valence-corrected chi connectivity index (χ0v) is 12.7. The third-order valence-electron chi connectivity index (χ3n) is 3.29. The maximum atomic E-state index is 13.4. The van der Waals surface area contributed by atoms with E-state index < -0.39 is 49.1 Å². The molecule has 0 aliphatic carbocycles. The van der Waals surface area contributed by atoms with E-state index in [9.17, 15) is 52.7 Å². The van der Waals surface area contributed by atoms with Crippen molar-refractivity contribution in [2.45, 2.75) is 42.5 Å². The normalized spacial score (nSPS) is 14.6. The van der Waals surface area contributed by atoms with E-state index >= 15 is 0 Å². The Balaban J connectivity index is 3.05. The summed E-state index contributed by atoms with van der Waals surface area (Å²) in [6.45, 7) is -1.42. The summed E-state index contributed by atoms with van der Waals surface area (Å²) in [6, 6.07) is 7.25. The average Bonchev–Trinajstić information content (AvgIpc) is 2.54. The van der Waals surface area contributed by atoms with Gasteiger partial charge >= 0.3 is 36.0 Å². The van der Waals surface area contributed by atoms with Gasteiger partial charge in [0.05, 0.1) is 13.0 Å². The monoisotopic (exact) mass is 421 g/mol. The molecule has 13 heteroatoms. The summed E-state index contributed by atoms with van der Waals surface area (Å²) < 4.78 is 160. The largest absolute Gasteiger partial charge is 0.493 e. The van der Waals surface area contributed by atoms with Crippen LogP contribution in [0.4, 0.5) is 52.7 Å². The van der Waals surface area contributed by atoms with Crippen molar-refractivity contribution < 1.29 is 57.4 Å². The summed E-state index contributed by atoms with van der Waals surface area (Å²) in [6.07, 6.45) is -7.82. The van der Waals surface area contributed by atoms with Crippen LogP contribution < -0.4 is 4.74 Å². The first-order valence-electron chi connectivity index (χ1n) is 6.79. The van der Waals surface area contributed by atoms with Crippen molar-refractivity contribution in [2.24, 2.45) is 0 Å². The first kappa shape index (κ1) is 23.2. The van der Waals surface area contributed by atoms with Gasteiger partial charge in [-0.15, -0.1) is 0 Å². The van der Waals surface area contributed by atoms with E-state index in [1.54, 1.807) is 0 Å². The van der Waals surface area contributed by atoms with Crippen LogP contribution >= 0.6 is 0 Å². The summed E-state index contributed by atoms with van der Waals surface area (Å²) in [5.74, 6) is -35.4. The summed E-state index contributed by atoms with van der Waals surface area (Å²) in [7, 11) is 0. The summed E-state index contributed by atoms with van der Waals surface area (Å²) in [5.41, 5.74) is 0. The fraction of sp³-hybridized carbons (Fsp3) is 0.571. The number of alkyl halides is 12. The van der Waals surface area contributed by atoms with Crippen molar-refractivity contribution in [1.29, 1.82) is 0 Å². The molecule has 0 bridgehead atoms. The van der Waals surface area contributed by atoms with Crippen molar-refractivity contribution in [3.63, 3.8) is 0 Å². The van der Waals surface area contributed by atoms with Crippen molar-refractivity contribution >= 4 is 0 Å². The zero-order chi connectivity index (χ0) is 21.3. The lowest BCUT2D eigenvalue weighted by Gasteiger charge is -2.39. The van der Waals surface area contributed by atoms with E-state index in [1.165, 1.54) is 18.2 Å². The van der Waals surface area contributed by atoms with Gasteiger partial charge in [0, 0.05) is 6.07 Å². The average molecular weight is 421 g/mol. The van der Waals surface area contributed by atoms with Crippen LogP contribution in [-0.4, -0.2) is 42.6 Å². The molecule has 155 valence electrons. The molecule has 0 aliphatic rings. The second-order valence-corrected chi connectivity index (χ2v) is 5.18. The lowest BCUT2D eigenvalue weighted by molar-refractivity contribution is -0.413. The van der Waals surface area contributed by atoms with Crippen molar-refractivity contribution in [3.05, 3.63) is 30.3 Å². The molecule has 0 atom stereocenters. The topological polar surface area (TPSA) is 9.23 Å². The standard InChI is InChI=1S/C14H9F12O/c15-9(16)11(19,20)13(23,24)14(25,26)12(21,22)10(17,18)6-7-27-8-4-2-1-3-5-8/h1-4,9H,6-7H2. The molecule has 27 heavy (non-hydrogen) atoms. The Labute approximate surface area is 143 Å². The molecule has 0 heterocycles. The minimum absolute atomic E-state index is 0.294. The van der Waals surface area contributed by atoms with E-state index in [2.05, 4.69) is 10.8 Å². The molecule has 1 nitrogen and oxygen atoms in total. The first-order chi connectivity index (χ1) is 12.0. The Morgan fingerprint density at radius 2 is 1.37 bits per heavy atom. The van der Waals surface area contributed by atoms with Gasteiger partial charge in [-0.25, -0.2) is 8.78 Å². The SMILES string of the molecule is FC(F)C(F)(F)C(F)(F)C(F)(F)C(F)(F)C(F)(F)CCOc1[c]cccc1. The van der Waals surface area contributed by atoms with Gasteiger partial charge in [-0.2, -0.15) is 43.9 Å². The molecular weight excluding hydrogens is 412 g/mol. The number of halogens is 12. The van der Waals surface area contributed by atoms with Crippen molar-refractivity contribution in [3.8, 4) is 5.75 Å². The Hall–Kier alpha value is -1.82. The number of benzene rings is 1. The van der Waals surface area contributed by atoms with Gasteiger partial charge in [0.2, 0.25) is 0 Å². The van der Waals surface area contributed by atoms with Crippen LogP contribution in [-0.2, 0) is 0 Å². The van der Waals surface area contributed by atoms with Gasteiger partial charge in [-0.3, -0.25) is 0 Å². The second-order valence-electron chi connectivity index (χ2n) is 5.18. The van der Waals surface area contributed by atoms with Crippen LogP contribution in [0.15, 0.2) is 24.3 Å². The van der Waals surface area contributed by atoms with Crippen LogP contribution in [0.3, 0.4) is 0 Å². The van der Waals surface area contributed by atoms with Crippen LogP contribution in [0.1, 0.15) is 6.42 Å². The maximum absolute atomic E-state index is 13.4. The molecule has 1 radical (unpaired) electrons. The van der Waals surface area contributed by atoms with E-state index in [4.69, 9.17) is 0 Å². The Morgan fingerprint density at radius 3 is 1.81 bits per heavy atom. The molecule has 0 spiro atoms. The number of rotatable bonds is 9. The molecule has 0 amide bonds. The van der Waals surface area contributed by atoms with Crippen molar-refractivity contribution in [1.82, 2.24) is 0 Å². The Bertz CT molecular complexity index is 614. The highest BCUT2D eigenvalue weighted by Gasteiger charge is 2.87. The van der Waals surface area contributed by atoms with Gasteiger partial charge in [0.15, 0.2) is 0 Å². The fourth-order valence-corrected chi connectivity index (χ4v) is 1.69. The van der Waals surface area contributed by atoms with Gasteiger partial charge in [-0.1, -0.05) is 18.2 Å². The number of hydrogen-bond acceptors (Lipinski definition) is 1. The molecule has 0 fully saturated rings. The molecule has 0 saturated carbocycles. The molecule has 1 aromatic carbocycles. The molecular formula is C14H9F12O. The summed E-state index contributed by atoms with van der Waals surface area (Å²) in [5, 5.41) is 0. The maximum Gasteiger partial charge on any atom is 0.384 e. The molecule has 0 saturated heterocycles. The zero-order valence-electron chi connectivity index (χ0n) is 12.7. The van der Waals surface area contributed by atoms with Crippen LogP contribution in [0.2, 0.25) is 0 Å².